The molecule has 0 spiro atoms. The fraction of sp³-hybridized carbons (Fsp3) is 0.556. The lowest BCUT2D eigenvalue weighted by Gasteiger charge is -2.27. The highest BCUT2D eigenvalue weighted by molar-refractivity contribution is 5.88. The molecule has 23 heavy (non-hydrogen) atoms. The molecule has 3 aliphatic rings. The van der Waals surface area contributed by atoms with Crippen molar-refractivity contribution < 1.29 is 14.7 Å². The van der Waals surface area contributed by atoms with Crippen molar-refractivity contribution in [2.24, 2.45) is 11.8 Å². The maximum atomic E-state index is 12.8. The molecule has 4 rings (SSSR count). The van der Waals surface area contributed by atoms with Crippen molar-refractivity contribution in [3.05, 3.63) is 29.8 Å². The molecule has 2 fully saturated rings. The Hall–Kier alpha value is -2.04. The Morgan fingerprint density at radius 1 is 1.22 bits per heavy atom. The summed E-state index contributed by atoms with van der Waals surface area (Å²) in [6.45, 7) is 1.75. The lowest BCUT2D eigenvalue weighted by Crippen LogP contribution is -2.47. The van der Waals surface area contributed by atoms with Crippen LogP contribution in [0.25, 0.3) is 0 Å². The van der Waals surface area contributed by atoms with E-state index in [9.17, 15) is 14.7 Å². The minimum Gasteiger partial charge on any atom is -0.480 e. The fourth-order valence-electron chi connectivity index (χ4n) is 4.70. The van der Waals surface area contributed by atoms with Crippen molar-refractivity contribution in [3.8, 4) is 0 Å². The topological polar surface area (TPSA) is 60.9 Å². The first-order valence-corrected chi connectivity index (χ1v) is 8.50. The zero-order valence-corrected chi connectivity index (χ0v) is 13.1. The van der Waals surface area contributed by atoms with Crippen LogP contribution in [0.3, 0.4) is 0 Å². The van der Waals surface area contributed by atoms with Crippen LogP contribution >= 0.6 is 0 Å². The van der Waals surface area contributed by atoms with Crippen molar-refractivity contribution in [2.75, 3.05) is 24.5 Å². The molecule has 1 aromatic carbocycles. The normalized spacial score (nSPS) is 28.8. The van der Waals surface area contributed by atoms with Crippen LogP contribution in [0.2, 0.25) is 0 Å². The average Bonchev–Trinajstić information content (AvgIpc) is 3.20. The smallest absolute Gasteiger partial charge is 0.326 e. The van der Waals surface area contributed by atoms with Gasteiger partial charge in [-0.25, -0.2) is 4.79 Å². The third-order valence-corrected chi connectivity index (χ3v) is 5.77. The van der Waals surface area contributed by atoms with Crippen LogP contribution in [0, 0.1) is 11.8 Å². The highest BCUT2D eigenvalue weighted by Gasteiger charge is 2.49. The summed E-state index contributed by atoms with van der Waals surface area (Å²) in [5, 5.41) is 9.59. The van der Waals surface area contributed by atoms with E-state index in [0.29, 0.717) is 19.0 Å². The maximum Gasteiger partial charge on any atom is 0.326 e. The number of carbonyl (C=O) groups is 2. The molecule has 122 valence electrons. The highest BCUT2D eigenvalue weighted by Crippen LogP contribution is 2.42. The number of hydrogen-bond donors (Lipinski definition) is 1. The molecule has 5 nitrogen and oxygen atoms in total. The Balaban J connectivity index is 1.50. The molecule has 3 unspecified atom stereocenters. The van der Waals surface area contributed by atoms with Gasteiger partial charge in [0, 0.05) is 18.8 Å². The summed E-state index contributed by atoms with van der Waals surface area (Å²) in [5.74, 6) is -0.341. The number of carbonyl (C=O) groups excluding carboxylic acids is 1. The second kappa shape index (κ2) is 5.55. The van der Waals surface area contributed by atoms with E-state index in [-0.39, 0.29) is 11.8 Å². The number of amides is 1. The van der Waals surface area contributed by atoms with Gasteiger partial charge in [-0.1, -0.05) is 24.6 Å². The highest BCUT2D eigenvalue weighted by atomic mass is 16.4. The van der Waals surface area contributed by atoms with Gasteiger partial charge in [-0.2, -0.15) is 0 Å². The summed E-state index contributed by atoms with van der Waals surface area (Å²) in [4.78, 5) is 28.2. The number of carboxylic acids is 1. The number of likely N-dealkylation sites (tertiary alicyclic amines) is 1. The lowest BCUT2D eigenvalue weighted by molar-refractivity contribution is -0.149. The van der Waals surface area contributed by atoms with E-state index in [2.05, 4.69) is 11.0 Å². The molecule has 0 radical (unpaired) electrons. The Morgan fingerprint density at radius 3 is 2.87 bits per heavy atom. The summed E-state index contributed by atoms with van der Waals surface area (Å²) in [5.41, 5.74) is 2.39. The second-order valence-corrected chi connectivity index (χ2v) is 6.98. The molecule has 5 heteroatoms. The molecule has 2 aliphatic heterocycles. The van der Waals surface area contributed by atoms with Crippen LogP contribution in [0.15, 0.2) is 24.3 Å². The summed E-state index contributed by atoms with van der Waals surface area (Å²) in [7, 11) is 0. The van der Waals surface area contributed by atoms with E-state index >= 15 is 0 Å². The molecule has 1 saturated heterocycles. The molecule has 1 saturated carbocycles. The van der Waals surface area contributed by atoms with Gasteiger partial charge in [-0.3, -0.25) is 4.79 Å². The molecule has 1 aliphatic carbocycles. The van der Waals surface area contributed by atoms with E-state index in [1.54, 1.807) is 4.90 Å². The van der Waals surface area contributed by atoms with Gasteiger partial charge in [0.25, 0.3) is 0 Å². The van der Waals surface area contributed by atoms with Gasteiger partial charge < -0.3 is 14.9 Å². The molecule has 1 aromatic rings. The van der Waals surface area contributed by atoms with Gasteiger partial charge in [0.2, 0.25) is 5.91 Å². The number of carboxylic acid groups (broad SMARTS) is 1. The Labute approximate surface area is 135 Å². The molecule has 2 heterocycles. The number of hydrogen-bond acceptors (Lipinski definition) is 3. The molecule has 1 amide bonds. The van der Waals surface area contributed by atoms with Crippen LogP contribution in [0.5, 0.6) is 0 Å². The van der Waals surface area contributed by atoms with Crippen LogP contribution in [-0.2, 0) is 16.0 Å². The molecule has 3 atom stereocenters. The zero-order valence-electron chi connectivity index (χ0n) is 13.1. The Morgan fingerprint density at radius 2 is 2.04 bits per heavy atom. The van der Waals surface area contributed by atoms with Gasteiger partial charge in [0.1, 0.15) is 6.04 Å². The van der Waals surface area contributed by atoms with Crippen LogP contribution in [-0.4, -0.2) is 47.6 Å². The minimum absolute atomic E-state index is 0.0384. The Kier molecular flexibility index (Phi) is 3.51. The van der Waals surface area contributed by atoms with Crippen molar-refractivity contribution in [2.45, 2.75) is 31.7 Å². The third-order valence-electron chi connectivity index (χ3n) is 5.77. The fourth-order valence-corrected chi connectivity index (χ4v) is 4.70. The number of nitrogens with zero attached hydrogens (tertiary/aromatic N) is 2. The van der Waals surface area contributed by atoms with E-state index in [1.807, 2.05) is 18.2 Å². The van der Waals surface area contributed by atoms with E-state index in [0.717, 1.165) is 37.9 Å². The predicted octanol–water partition coefficient (Wildman–Crippen LogP) is 1.76. The van der Waals surface area contributed by atoms with E-state index < -0.39 is 12.0 Å². The Bertz CT molecular complexity index is 645. The van der Waals surface area contributed by atoms with Crippen LogP contribution in [0.1, 0.15) is 24.8 Å². The van der Waals surface area contributed by atoms with Gasteiger partial charge in [-0.05, 0) is 42.7 Å². The largest absolute Gasteiger partial charge is 0.480 e. The summed E-state index contributed by atoms with van der Waals surface area (Å²) < 4.78 is 0. The predicted molar refractivity (Wildman–Crippen MR) is 86.3 cm³/mol. The zero-order chi connectivity index (χ0) is 16.0. The van der Waals surface area contributed by atoms with Gasteiger partial charge in [0.15, 0.2) is 0 Å². The number of anilines is 1. The second-order valence-electron chi connectivity index (χ2n) is 6.98. The van der Waals surface area contributed by atoms with Gasteiger partial charge >= 0.3 is 5.97 Å². The maximum absolute atomic E-state index is 12.8. The first kappa shape index (κ1) is 14.5. The summed E-state index contributed by atoms with van der Waals surface area (Å²) >= 11 is 0. The molecule has 0 bridgehead atoms. The molecular weight excluding hydrogens is 292 g/mol. The first-order chi connectivity index (χ1) is 11.1. The van der Waals surface area contributed by atoms with Crippen LogP contribution in [0.4, 0.5) is 5.69 Å². The number of para-hydroxylation sites is 1. The van der Waals surface area contributed by atoms with Gasteiger partial charge in [-0.15, -0.1) is 0 Å². The third kappa shape index (κ3) is 2.38. The monoisotopic (exact) mass is 314 g/mol. The SMILES string of the molecule is O=C(O)C1C2CCCC2CN1C(=O)CN1CCc2ccccc21. The number of fused-ring (bicyclic) bond motifs is 2. The number of rotatable bonds is 3. The van der Waals surface area contributed by atoms with Crippen molar-refractivity contribution in [3.63, 3.8) is 0 Å². The summed E-state index contributed by atoms with van der Waals surface area (Å²) in [6.07, 6.45) is 4.06. The number of aliphatic carboxylic acids is 1. The standard InChI is InChI=1S/C18H22N2O3/c21-16(11-19-9-8-12-4-1-2-7-15(12)19)20-10-13-5-3-6-14(13)17(20)18(22)23/h1-2,4,7,13-14,17H,3,5-6,8-11H2,(H,22,23). The van der Waals surface area contributed by atoms with E-state index in [4.69, 9.17) is 0 Å². The molecule has 0 aromatic heterocycles. The van der Waals surface area contributed by atoms with E-state index in [1.165, 1.54) is 5.56 Å². The van der Waals surface area contributed by atoms with Crippen molar-refractivity contribution >= 4 is 17.6 Å². The molecule has 1 N–H and O–H groups in total. The van der Waals surface area contributed by atoms with Gasteiger partial charge in [0.05, 0.1) is 6.54 Å². The van der Waals surface area contributed by atoms with Crippen LogP contribution < -0.4 is 4.90 Å². The van der Waals surface area contributed by atoms with Crippen molar-refractivity contribution in [1.29, 1.82) is 0 Å². The summed E-state index contributed by atoms with van der Waals surface area (Å²) in [6, 6.07) is 7.53. The lowest BCUT2D eigenvalue weighted by atomic mass is 9.94. The number of benzene rings is 1. The first-order valence-electron chi connectivity index (χ1n) is 8.50. The minimum atomic E-state index is -0.838. The van der Waals surface area contributed by atoms with Crippen molar-refractivity contribution in [1.82, 2.24) is 4.90 Å². The average molecular weight is 314 g/mol. The molecular formula is C18H22N2O3. The quantitative estimate of drug-likeness (QED) is 0.923.